The summed E-state index contributed by atoms with van der Waals surface area (Å²) in [5.74, 6) is -0.418. The van der Waals surface area contributed by atoms with Crippen molar-refractivity contribution in [2.45, 2.75) is 13.3 Å². The number of nitro groups is 2. The van der Waals surface area contributed by atoms with Gasteiger partial charge < -0.3 is 10.1 Å². The van der Waals surface area contributed by atoms with Crippen LogP contribution in [-0.4, -0.2) is 56.8 Å². The molecule has 0 saturated carbocycles. The van der Waals surface area contributed by atoms with Crippen molar-refractivity contribution in [2.24, 2.45) is 5.28 Å². The van der Waals surface area contributed by atoms with Gasteiger partial charge >= 0.3 is 5.69 Å². The number of rotatable bonds is 6. The van der Waals surface area contributed by atoms with Crippen LogP contribution in [0.4, 0.5) is 11.4 Å². The van der Waals surface area contributed by atoms with Gasteiger partial charge in [-0.15, -0.1) is 5.01 Å². The van der Waals surface area contributed by atoms with E-state index in [1.165, 1.54) is 5.01 Å². The van der Waals surface area contributed by atoms with Gasteiger partial charge in [0.2, 0.25) is 16.9 Å². The molecule has 1 heterocycles. The van der Waals surface area contributed by atoms with Gasteiger partial charge in [-0.3, -0.25) is 29.9 Å². The summed E-state index contributed by atoms with van der Waals surface area (Å²) >= 11 is 0. The zero-order chi connectivity index (χ0) is 19.3. The number of benzene rings is 1. The Morgan fingerprint density at radius 3 is 2.35 bits per heavy atom. The zero-order valence-corrected chi connectivity index (χ0v) is 13.8. The first kappa shape index (κ1) is 18.8. The highest BCUT2D eigenvalue weighted by molar-refractivity contribution is 5.75. The number of carbonyl (C=O) groups excluding carboxylic acids is 1. The number of nitrogens with zero attached hydrogens (tertiary/aromatic N) is 6. The fraction of sp³-hybridized carbons (Fsp3) is 0.462. The largest absolute Gasteiger partial charge is 0.569 e. The molecule has 0 bridgehead atoms. The van der Waals surface area contributed by atoms with E-state index < -0.39 is 27.0 Å². The van der Waals surface area contributed by atoms with E-state index in [0.717, 1.165) is 18.2 Å². The molecule has 1 aliphatic rings. The molecule has 0 aromatic heterocycles. The van der Waals surface area contributed by atoms with Crippen LogP contribution in [0.5, 0.6) is 5.75 Å². The van der Waals surface area contributed by atoms with Gasteiger partial charge in [0.15, 0.2) is 0 Å². The predicted octanol–water partition coefficient (Wildman–Crippen LogP) is 1.23. The first-order valence-corrected chi connectivity index (χ1v) is 7.64. The Balaban J connectivity index is 2.06. The summed E-state index contributed by atoms with van der Waals surface area (Å²) in [6.45, 7) is 2.89. The number of nitro benzene ring substituents is 2. The Hall–Kier alpha value is -3.51. The molecule has 0 spiro atoms. The average molecular weight is 368 g/mol. The lowest BCUT2D eigenvalue weighted by Crippen LogP contribution is -2.50. The van der Waals surface area contributed by atoms with Gasteiger partial charge in [-0.2, -0.15) is 0 Å². The van der Waals surface area contributed by atoms with E-state index in [1.807, 2.05) is 0 Å². The number of hydrogen-bond acceptors (Lipinski definition) is 8. The minimum Gasteiger partial charge on any atom is -0.569 e. The number of hydrogen-bond donors (Lipinski definition) is 0. The maximum atomic E-state index is 11.9. The Kier molecular flexibility index (Phi) is 5.82. The molecule has 0 unspecified atom stereocenters. The maximum absolute atomic E-state index is 11.9. The van der Waals surface area contributed by atoms with Crippen molar-refractivity contribution in [3.8, 4) is 5.75 Å². The molecule has 0 aliphatic carbocycles. The molecular weight excluding hydrogens is 352 g/mol. The number of hydrazine groups is 1. The van der Waals surface area contributed by atoms with Crippen molar-refractivity contribution in [1.29, 1.82) is 0 Å². The molecule has 1 aromatic rings. The number of non-ortho nitro benzene ring substituents is 1. The summed E-state index contributed by atoms with van der Waals surface area (Å²) in [7, 11) is 0. The van der Waals surface area contributed by atoms with Crippen LogP contribution in [0.2, 0.25) is 0 Å². The highest BCUT2D eigenvalue weighted by atomic mass is 16.7. The fourth-order valence-electron chi connectivity index (χ4n) is 2.31. The van der Waals surface area contributed by atoms with Crippen LogP contribution in [0.15, 0.2) is 23.5 Å². The molecule has 140 valence electrons. The van der Waals surface area contributed by atoms with Crippen LogP contribution in [0.25, 0.3) is 0 Å². The summed E-state index contributed by atoms with van der Waals surface area (Å²) < 4.78 is 0. The van der Waals surface area contributed by atoms with E-state index >= 15 is 0 Å². The van der Waals surface area contributed by atoms with E-state index in [-0.39, 0.29) is 24.0 Å². The van der Waals surface area contributed by atoms with E-state index in [9.17, 15) is 30.2 Å². The van der Waals surface area contributed by atoms with Crippen molar-refractivity contribution in [3.63, 3.8) is 0 Å². The second-order valence-electron chi connectivity index (χ2n) is 5.28. The third-order valence-electron chi connectivity index (χ3n) is 3.71. The van der Waals surface area contributed by atoms with Crippen LogP contribution in [0.1, 0.15) is 13.3 Å². The van der Waals surface area contributed by atoms with E-state index in [0.29, 0.717) is 19.5 Å². The molecule has 0 radical (unpaired) electrons. The lowest BCUT2D eigenvalue weighted by atomic mass is 10.2. The van der Waals surface area contributed by atoms with Crippen molar-refractivity contribution < 1.29 is 24.4 Å². The number of amides is 1. The summed E-state index contributed by atoms with van der Waals surface area (Å²) in [5, 5.41) is 38.1. The highest BCUT2D eigenvalue weighted by Gasteiger charge is 2.26. The van der Waals surface area contributed by atoms with Crippen LogP contribution >= 0.6 is 0 Å². The lowest BCUT2D eigenvalue weighted by Gasteiger charge is -2.31. The minimum absolute atomic E-state index is 0.0169. The van der Waals surface area contributed by atoms with Crippen LogP contribution in [-0.2, 0) is 4.79 Å². The molecule has 1 amide bonds. The standard InChI is InChI=1S/C13H16N6O7/c1-2-13(20)15-5-7-16(8-6-15)19(25)14-26-12-4-3-10(17(21)22)9-11(12)18(23)24/h3-4,9H,2,5-8H2,1H3/b19-14-. The second-order valence-corrected chi connectivity index (χ2v) is 5.28. The Bertz CT molecular complexity index is 744. The molecule has 2 rings (SSSR count). The van der Waals surface area contributed by atoms with Gasteiger partial charge in [-0.05, 0) is 6.07 Å². The van der Waals surface area contributed by atoms with Crippen molar-refractivity contribution in [1.82, 2.24) is 9.91 Å². The maximum Gasteiger partial charge on any atom is 0.321 e. The SMILES string of the molecule is CCC(=O)N1CCN(/[N+]([O-])=N/Oc2ccc([N+](=O)[O-])cc2[N+](=O)[O-])CC1. The molecular formula is C13H16N6O7. The highest BCUT2D eigenvalue weighted by Crippen LogP contribution is 2.31. The molecule has 1 fully saturated rings. The first-order chi connectivity index (χ1) is 12.3. The molecule has 26 heavy (non-hydrogen) atoms. The topological polar surface area (TPSA) is 157 Å². The predicted molar refractivity (Wildman–Crippen MR) is 84.9 cm³/mol. The Morgan fingerprint density at radius 1 is 1.15 bits per heavy atom. The van der Waals surface area contributed by atoms with Gasteiger partial charge in [0.25, 0.3) is 5.69 Å². The first-order valence-electron chi connectivity index (χ1n) is 7.64. The molecule has 0 atom stereocenters. The fourth-order valence-corrected chi connectivity index (χ4v) is 2.31. The summed E-state index contributed by atoms with van der Waals surface area (Å²) in [6.07, 6.45) is 0.373. The molecule has 13 nitrogen and oxygen atoms in total. The van der Waals surface area contributed by atoms with Crippen molar-refractivity contribution >= 4 is 17.3 Å². The quantitative estimate of drug-likeness (QED) is 0.314. The molecule has 1 aromatic carbocycles. The van der Waals surface area contributed by atoms with E-state index in [1.54, 1.807) is 11.8 Å². The number of piperazine rings is 1. The normalized spacial score (nSPS) is 14.9. The third kappa shape index (κ3) is 4.31. The smallest absolute Gasteiger partial charge is 0.321 e. The van der Waals surface area contributed by atoms with Crippen LogP contribution in [0, 0.1) is 25.4 Å². The molecule has 1 aliphatic heterocycles. The third-order valence-corrected chi connectivity index (χ3v) is 3.71. The lowest BCUT2D eigenvalue weighted by molar-refractivity contribution is -0.708. The Morgan fingerprint density at radius 2 is 1.81 bits per heavy atom. The average Bonchev–Trinajstić information content (AvgIpc) is 2.65. The molecule has 1 saturated heterocycles. The van der Waals surface area contributed by atoms with Gasteiger partial charge in [0.1, 0.15) is 0 Å². The summed E-state index contributed by atoms with van der Waals surface area (Å²) in [6, 6.07) is 2.71. The van der Waals surface area contributed by atoms with Crippen LogP contribution < -0.4 is 4.84 Å². The van der Waals surface area contributed by atoms with Gasteiger partial charge in [0.05, 0.1) is 34.0 Å². The van der Waals surface area contributed by atoms with Gasteiger partial charge in [-0.25, -0.2) is 0 Å². The minimum atomic E-state index is -0.873. The van der Waals surface area contributed by atoms with E-state index in [4.69, 9.17) is 4.84 Å². The van der Waals surface area contributed by atoms with Gasteiger partial charge in [0, 0.05) is 25.6 Å². The number of carbonyl (C=O) groups is 1. The van der Waals surface area contributed by atoms with Crippen molar-refractivity contribution in [2.75, 3.05) is 26.2 Å². The second kappa shape index (κ2) is 8.04. The summed E-state index contributed by atoms with van der Waals surface area (Å²) in [5.41, 5.74) is -1.17. The molecule has 13 heteroatoms. The monoisotopic (exact) mass is 368 g/mol. The van der Waals surface area contributed by atoms with Gasteiger partial charge in [-0.1, -0.05) is 6.92 Å². The van der Waals surface area contributed by atoms with Crippen LogP contribution in [0.3, 0.4) is 0 Å². The summed E-state index contributed by atoms with van der Waals surface area (Å²) in [4.78, 5) is 38.2. The van der Waals surface area contributed by atoms with E-state index in [2.05, 4.69) is 5.28 Å². The van der Waals surface area contributed by atoms with Crippen molar-refractivity contribution in [3.05, 3.63) is 43.6 Å². The Labute approximate surface area is 146 Å². The molecule has 0 N–H and O–H groups in total. The zero-order valence-electron chi connectivity index (χ0n) is 13.8.